The largest absolute Gasteiger partial charge is 0.496 e. The molecule has 0 bridgehead atoms. The maximum atomic E-state index is 12.0. The van der Waals surface area contributed by atoms with Gasteiger partial charge in [-0.05, 0) is 53.0 Å². The number of carbonyl (C=O) groups excluding carboxylic acids is 1. The van der Waals surface area contributed by atoms with E-state index in [1.54, 1.807) is 19.1 Å². The monoisotopic (exact) mass is 381 g/mol. The third kappa shape index (κ3) is 4.13. The molecule has 0 fully saturated rings. The van der Waals surface area contributed by atoms with E-state index in [9.17, 15) is 9.59 Å². The van der Waals surface area contributed by atoms with Crippen LogP contribution in [0.4, 0.5) is 0 Å². The molecule has 0 radical (unpaired) electrons. The minimum atomic E-state index is -1.01. The first-order valence-electron chi connectivity index (χ1n) is 6.86. The summed E-state index contributed by atoms with van der Waals surface area (Å²) in [5, 5.41) is 11.7. The minimum Gasteiger partial charge on any atom is -0.496 e. The third-order valence-corrected chi connectivity index (χ3v) is 3.70. The summed E-state index contributed by atoms with van der Waals surface area (Å²) in [4.78, 5) is 23.0. The molecule has 0 aliphatic heterocycles. The lowest BCUT2D eigenvalue weighted by molar-refractivity contribution is 0.0696. The van der Waals surface area contributed by atoms with E-state index >= 15 is 0 Å². The van der Waals surface area contributed by atoms with Crippen molar-refractivity contribution >= 4 is 27.8 Å². The van der Waals surface area contributed by atoms with Gasteiger partial charge in [-0.2, -0.15) is 0 Å². The number of rotatable bonds is 6. The lowest BCUT2D eigenvalue weighted by Crippen LogP contribution is -2.26. The fourth-order valence-electron chi connectivity index (χ4n) is 2.14. The summed E-state index contributed by atoms with van der Waals surface area (Å²) in [5.74, 6) is -0.558. The number of hydrogen-bond acceptors (Lipinski definition) is 4. The Bertz CT molecular complexity index is 738. The summed E-state index contributed by atoms with van der Waals surface area (Å²) in [7, 11) is 1.48. The molecule has 7 heteroatoms. The topological polar surface area (TPSA) is 88.8 Å². The highest BCUT2D eigenvalue weighted by atomic mass is 79.9. The van der Waals surface area contributed by atoms with Crippen LogP contribution < -0.4 is 10.1 Å². The fraction of sp³-hybridized carbons (Fsp3) is 0.250. The van der Waals surface area contributed by atoms with Crippen LogP contribution >= 0.6 is 15.9 Å². The molecule has 23 heavy (non-hydrogen) atoms. The number of nitrogens with one attached hydrogen (secondary N) is 1. The maximum Gasteiger partial charge on any atom is 0.335 e. The molecule has 122 valence electrons. The average molecular weight is 382 g/mol. The van der Waals surface area contributed by atoms with Crippen LogP contribution in [0, 0.1) is 6.92 Å². The van der Waals surface area contributed by atoms with Gasteiger partial charge in [-0.25, -0.2) is 4.79 Å². The van der Waals surface area contributed by atoms with Gasteiger partial charge in [0.05, 0.1) is 12.7 Å². The predicted molar refractivity (Wildman–Crippen MR) is 87.1 cm³/mol. The first kappa shape index (κ1) is 17.1. The Morgan fingerprint density at radius 2 is 2.09 bits per heavy atom. The number of aryl methyl sites for hydroxylation is 1. The van der Waals surface area contributed by atoms with Gasteiger partial charge in [0.2, 0.25) is 0 Å². The molecule has 2 aromatic rings. The normalized spacial score (nSPS) is 10.4. The van der Waals surface area contributed by atoms with E-state index in [2.05, 4.69) is 21.2 Å². The second-order valence-corrected chi connectivity index (χ2v) is 5.68. The highest BCUT2D eigenvalue weighted by molar-refractivity contribution is 9.10. The van der Waals surface area contributed by atoms with Gasteiger partial charge < -0.3 is 19.6 Å². The van der Waals surface area contributed by atoms with Gasteiger partial charge in [0, 0.05) is 12.1 Å². The van der Waals surface area contributed by atoms with E-state index in [0.29, 0.717) is 23.4 Å². The Morgan fingerprint density at radius 3 is 2.65 bits per heavy atom. The van der Waals surface area contributed by atoms with E-state index in [1.807, 2.05) is 0 Å². The van der Waals surface area contributed by atoms with Crippen LogP contribution in [0.25, 0.3) is 0 Å². The van der Waals surface area contributed by atoms with Gasteiger partial charge in [0.15, 0.2) is 10.4 Å². The molecule has 0 spiro atoms. The van der Waals surface area contributed by atoms with E-state index in [0.717, 1.165) is 11.1 Å². The molecule has 2 rings (SSSR count). The summed E-state index contributed by atoms with van der Waals surface area (Å²) in [6.45, 7) is 2.16. The number of aromatic carboxylic acids is 1. The maximum absolute atomic E-state index is 12.0. The summed E-state index contributed by atoms with van der Waals surface area (Å²) in [5.41, 5.74) is 1.72. The van der Waals surface area contributed by atoms with Gasteiger partial charge >= 0.3 is 5.97 Å². The van der Waals surface area contributed by atoms with Crippen molar-refractivity contribution in [2.45, 2.75) is 13.3 Å². The number of carbonyl (C=O) groups is 2. The average Bonchev–Trinajstić information content (AvgIpc) is 2.85. The first-order chi connectivity index (χ1) is 10.9. The van der Waals surface area contributed by atoms with Crippen LogP contribution in [0.1, 0.15) is 32.0 Å². The quantitative estimate of drug-likeness (QED) is 0.802. The number of carboxylic acid groups (broad SMARTS) is 1. The molecule has 0 saturated carbocycles. The predicted octanol–water partition coefficient (Wildman–Crippen LogP) is 3.03. The zero-order chi connectivity index (χ0) is 17.0. The molecule has 2 N–H and O–H groups in total. The number of halogens is 1. The van der Waals surface area contributed by atoms with Gasteiger partial charge in [-0.1, -0.05) is 6.07 Å². The number of benzene rings is 1. The zero-order valence-corrected chi connectivity index (χ0v) is 14.3. The summed E-state index contributed by atoms with van der Waals surface area (Å²) < 4.78 is 11.0. The summed E-state index contributed by atoms with van der Waals surface area (Å²) in [6.07, 6.45) is 0.510. The Morgan fingerprint density at radius 1 is 1.35 bits per heavy atom. The molecule has 0 saturated heterocycles. The highest BCUT2D eigenvalue weighted by Crippen LogP contribution is 2.21. The van der Waals surface area contributed by atoms with Crippen molar-refractivity contribution < 1.29 is 23.8 Å². The van der Waals surface area contributed by atoms with Gasteiger partial charge in [-0.3, -0.25) is 4.79 Å². The smallest absolute Gasteiger partial charge is 0.335 e. The SMILES string of the molecule is COc1cc(C(=O)O)ccc1CCNC(=O)c1oc(Br)cc1C. The second kappa shape index (κ2) is 7.32. The second-order valence-electron chi connectivity index (χ2n) is 4.90. The van der Waals surface area contributed by atoms with Crippen molar-refractivity contribution in [3.63, 3.8) is 0 Å². The first-order valence-corrected chi connectivity index (χ1v) is 7.66. The molecule has 1 aromatic heterocycles. The van der Waals surface area contributed by atoms with Crippen LogP contribution in [-0.4, -0.2) is 30.6 Å². The van der Waals surface area contributed by atoms with E-state index in [-0.39, 0.29) is 17.2 Å². The molecule has 6 nitrogen and oxygen atoms in total. The lowest BCUT2D eigenvalue weighted by Gasteiger charge is -2.10. The van der Waals surface area contributed by atoms with Crippen LogP contribution in [0.2, 0.25) is 0 Å². The Kier molecular flexibility index (Phi) is 5.44. The Labute approximate surface area is 141 Å². The molecule has 0 unspecified atom stereocenters. The van der Waals surface area contributed by atoms with Crippen LogP contribution in [0.5, 0.6) is 5.75 Å². The van der Waals surface area contributed by atoms with E-state index < -0.39 is 5.97 Å². The van der Waals surface area contributed by atoms with Crippen molar-refractivity contribution in [3.8, 4) is 5.75 Å². The Balaban J connectivity index is 2.00. The van der Waals surface area contributed by atoms with Crippen molar-refractivity contribution in [2.75, 3.05) is 13.7 Å². The van der Waals surface area contributed by atoms with E-state index in [1.165, 1.54) is 19.2 Å². The number of ether oxygens (including phenoxy) is 1. The summed E-state index contributed by atoms with van der Waals surface area (Å²) in [6, 6.07) is 6.38. The molecule has 0 aliphatic carbocycles. The molecule has 1 aromatic carbocycles. The number of furan rings is 1. The van der Waals surface area contributed by atoms with Crippen LogP contribution in [0.15, 0.2) is 33.4 Å². The van der Waals surface area contributed by atoms with Crippen molar-refractivity contribution in [1.82, 2.24) is 5.32 Å². The lowest BCUT2D eigenvalue weighted by atomic mass is 10.1. The molecule has 1 amide bonds. The molecule has 1 heterocycles. The number of hydrogen-bond donors (Lipinski definition) is 2. The van der Waals surface area contributed by atoms with Crippen molar-refractivity contribution in [1.29, 1.82) is 0 Å². The highest BCUT2D eigenvalue weighted by Gasteiger charge is 2.15. The fourth-order valence-corrected chi connectivity index (χ4v) is 2.65. The standard InChI is InChI=1S/C16H16BrNO5/c1-9-7-13(17)23-14(9)15(19)18-6-5-10-3-4-11(16(20)21)8-12(10)22-2/h3-4,7-8H,5-6H2,1-2H3,(H,18,19)(H,20,21). The molecular formula is C16H16BrNO5. The van der Waals surface area contributed by atoms with Gasteiger partial charge in [0.1, 0.15) is 5.75 Å². The number of carboxylic acids is 1. The minimum absolute atomic E-state index is 0.158. The van der Waals surface area contributed by atoms with E-state index in [4.69, 9.17) is 14.3 Å². The van der Waals surface area contributed by atoms with Crippen molar-refractivity contribution in [3.05, 3.63) is 51.4 Å². The van der Waals surface area contributed by atoms with Crippen LogP contribution in [-0.2, 0) is 6.42 Å². The molecular weight excluding hydrogens is 366 g/mol. The Hall–Kier alpha value is -2.28. The van der Waals surface area contributed by atoms with Gasteiger partial charge in [-0.15, -0.1) is 0 Å². The third-order valence-electron chi connectivity index (χ3n) is 3.31. The number of methoxy groups -OCH3 is 1. The molecule has 0 aliphatic rings. The summed E-state index contributed by atoms with van der Waals surface area (Å²) >= 11 is 3.18. The van der Waals surface area contributed by atoms with Crippen molar-refractivity contribution in [2.24, 2.45) is 0 Å². The van der Waals surface area contributed by atoms with Gasteiger partial charge in [0.25, 0.3) is 5.91 Å². The molecule has 0 atom stereocenters. The number of amides is 1. The zero-order valence-electron chi connectivity index (χ0n) is 12.7. The van der Waals surface area contributed by atoms with Crippen LogP contribution in [0.3, 0.4) is 0 Å².